The first-order valence-corrected chi connectivity index (χ1v) is 5.59. The Balaban J connectivity index is 5.55. The molecule has 0 unspecified atom stereocenters. The molecule has 1 nitrogen and oxygen atoms in total. The fourth-order valence-corrected chi connectivity index (χ4v) is 1.81. The van der Waals surface area contributed by atoms with E-state index < -0.39 is 0 Å². The standard InChI is InChI=1S/C15H23N/c1-7-10-12(11-16)13(8-2)14(9-3)15(4,5)6/h7-11,16H,1H2,2-6H3/b12-10-,13-8+,14-9+,16-11?. The van der Waals surface area contributed by atoms with Crippen molar-refractivity contribution in [1.29, 1.82) is 5.41 Å². The molecule has 0 amide bonds. The first-order chi connectivity index (χ1) is 7.42. The summed E-state index contributed by atoms with van der Waals surface area (Å²) in [7, 11) is 0. The highest BCUT2D eigenvalue weighted by molar-refractivity contribution is 5.85. The van der Waals surface area contributed by atoms with Crippen LogP contribution in [0.25, 0.3) is 0 Å². The lowest BCUT2D eigenvalue weighted by Gasteiger charge is -2.25. The Morgan fingerprint density at radius 3 is 1.94 bits per heavy atom. The van der Waals surface area contributed by atoms with Crippen LogP contribution >= 0.6 is 0 Å². The average molecular weight is 217 g/mol. The first kappa shape index (κ1) is 14.6. The molecule has 0 rings (SSSR count). The number of hydrogen-bond donors (Lipinski definition) is 1. The molecule has 0 aliphatic carbocycles. The van der Waals surface area contributed by atoms with Gasteiger partial charge in [-0.25, -0.2) is 0 Å². The molecule has 0 saturated carbocycles. The van der Waals surface area contributed by atoms with E-state index >= 15 is 0 Å². The molecular formula is C15H23N. The molecule has 0 heterocycles. The fourth-order valence-electron chi connectivity index (χ4n) is 1.81. The third kappa shape index (κ3) is 3.65. The number of nitrogens with one attached hydrogen (secondary N) is 1. The van der Waals surface area contributed by atoms with Gasteiger partial charge in [0.15, 0.2) is 0 Å². The predicted octanol–water partition coefficient (Wildman–Crippen LogP) is 4.69. The summed E-state index contributed by atoms with van der Waals surface area (Å²) in [6, 6.07) is 0. The molecule has 0 atom stereocenters. The molecule has 1 N–H and O–H groups in total. The van der Waals surface area contributed by atoms with Gasteiger partial charge in [-0.2, -0.15) is 0 Å². The second-order valence-electron chi connectivity index (χ2n) is 4.66. The first-order valence-electron chi connectivity index (χ1n) is 5.59. The van der Waals surface area contributed by atoms with Crippen LogP contribution in [0.3, 0.4) is 0 Å². The fraction of sp³-hybridized carbons (Fsp3) is 0.400. The Bertz CT molecular complexity index is 346. The Morgan fingerprint density at radius 1 is 1.12 bits per heavy atom. The molecule has 0 aromatic carbocycles. The molecule has 0 bridgehead atoms. The van der Waals surface area contributed by atoms with Crippen molar-refractivity contribution in [3.05, 3.63) is 47.6 Å². The lowest BCUT2D eigenvalue weighted by molar-refractivity contribution is 0.511. The van der Waals surface area contributed by atoms with Crippen LogP contribution < -0.4 is 0 Å². The van der Waals surface area contributed by atoms with E-state index in [1.807, 2.05) is 19.9 Å². The molecule has 0 aromatic heterocycles. The quantitative estimate of drug-likeness (QED) is 0.522. The van der Waals surface area contributed by atoms with Crippen LogP contribution in [0.4, 0.5) is 0 Å². The van der Waals surface area contributed by atoms with E-state index in [-0.39, 0.29) is 5.41 Å². The van der Waals surface area contributed by atoms with Gasteiger partial charge in [0.2, 0.25) is 0 Å². The Morgan fingerprint density at radius 2 is 1.69 bits per heavy atom. The maximum Gasteiger partial charge on any atom is 0.0256 e. The van der Waals surface area contributed by atoms with Gasteiger partial charge in [0.25, 0.3) is 0 Å². The third-order valence-corrected chi connectivity index (χ3v) is 2.44. The maximum atomic E-state index is 7.46. The van der Waals surface area contributed by atoms with Crippen molar-refractivity contribution in [3.63, 3.8) is 0 Å². The lowest BCUT2D eigenvalue weighted by Crippen LogP contribution is -2.13. The second kappa shape index (κ2) is 6.26. The van der Waals surface area contributed by atoms with Crippen LogP contribution in [-0.4, -0.2) is 6.21 Å². The zero-order chi connectivity index (χ0) is 12.8. The second-order valence-corrected chi connectivity index (χ2v) is 4.66. The van der Waals surface area contributed by atoms with Gasteiger partial charge in [0.05, 0.1) is 0 Å². The highest BCUT2D eigenvalue weighted by atomic mass is 14.3. The minimum Gasteiger partial charge on any atom is -0.308 e. The van der Waals surface area contributed by atoms with Crippen LogP contribution in [0.5, 0.6) is 0 Å². The monoisotopic (exact) mass is 217 g/mol. The highest BCUT2D eigenvalue weighted by Gasteiger charge is 2.20. The molecule has 0 spiro atoms. The normalized spacial score (nSPS) is 14.9. The summed E-state index contributed by atoms with van der Waals surface area (Å²) in [5.74, 6) is 0. The van der Waals surface area contributed by atoms with Crippen molar-refractivity contribution in [2.75, 3.05) is 0 Å². The Labute approximate surface area is 99.8 Å². The average Bonchev–Trinajstić information content (AvgIpc) is 2.21. The van der Waals surface area contributed by atoms with E-state index in [2.05, 4.69) is 39.5 Å². The van der Waals surface area contributed by atoms with E-state index in [4.69, 9.17) is 5.41 Å². The van der Waals surface area contributed by atoms with E-state index in [1.54, 1.807) is 6.08 Å². The minimum absolute atomic E-state index is 0.0832. The molecule has 1 heteroatoms. The number of rotatable bonds is 4. The van der Waals surface area contributed by atoms with Crippen molar-refractivity contribution in [1.82, 2.24) is 0 Å². The molecule has 0 fully saturated rings. The largest absolute Gasteiger partial charge is 0.308 e. The molecule has 88 valence electrons. The SMILES string of the molecule is C=C\C=C(C=N)/C(=C\C)C(=C\C)/C(C)(C)C. The van der Waals surface area contributed by atoms with Crippen molar-refractivity contribution in [2.24, 2.45) is 5.41 Å². The molecule has 0 aliphatic rings. The van der Waals surface area contributed by atoms with E-state index in [1.165, 1.54) is 11.8 Å². The van der Waals surface area contributed by atoms with E-state index in [0.717, 1.165) is 11.1 Å². The third-order valence-electron chi connectivity index (χ3n) is 2.44. The minimum atomic E-state index is 0.0832. The van der Waals surface area contributed by atoms with Crippen molar-refractivity contribution >= 4 is 6.21 Å². The van der Waals surface area contributed by atoms with Gasteiger partial charge in [0, 0.05) is 6.21 Å². The number of hydrogen-bond acceptors (Lipinski definition) is 1. The Hall–Kier alpha value is -1.37. The summed E-state index contributed by atoms with van der Waals surface area (Å²) < 4.78 is 0. The number of allylic oxidation sites excluding steroid dienone is 7. The van der Waals surface area contributed by atoms with Gasteiger partial charge in [-0.15, -0.1) is 0 Å². The van der Waals surface area contributed by atoms with Gasteiger partial charge in [0.1, 0.15) is 0 Å². The molecule has 0 aliphatic heterocycles. The van der Waals surface area contributed by atoms with Gasteiger partial charge in [-0.1, -0.05) is 51.7 Å². The van der Waals surface area contributed by atoms with Crippen LogP contribution in [-0.2, 0) is 0 Å². The van der Waals surface area contributed by atoms with Crippen LogP contribution in [0.15, 0.2) is 47.6 Å². The van der Waals surface area contributed by atoms with Crippen molar-refractivity contribution < 1.29 is 0 Å². The zero-order valence-corrected chi connectivity index (χ0v) is 11.1. The maximum absolute atomic E-state index is 7.46. The van der Waals surface area contributed by atoms with Crippen LogP contribution in [0.2, 0.25) is 0 Å². The van der Waals surface area contributed by atoms with E-state index in [0.29, 0.717) is 0 Å². The summed E-state index contributed by atoms with van der Waals surface area (Å²) in [5, 5.41) is 7.46. The summed E-state index contributed by atoms with van der Waals surface area (Å²) in [5.41, 5.74) is 3.36. The Kier molecular flexibility index (Phi) is 5.73. The summed E-state index contributed by atoms with van der Waals surface area (Å²) in [4.78, 5) is 0. The van der Waals surface area contributed by atoms with Gasteiger partial charge < -0.3 is 5.41 Å². The molecule has 0 radical (unpaired) electrons. The van der Waals surface area contributed by atoms with Crippen molar-refractivity contribution in [3.8, 4) is 0 Å². The van der Waals surface area contributed by atoms with Crippen LogP contribution in [0.1, 0.15) is 34.6 Å². The van der Waals surface area contributed by atoms with Gasteiger partial charge in [-0.3, -0.25) is 0 Å². The summed E-state index contributed by atoms with van der Waals surface area (Å²) >= 11 is 0. The van der Waals surface area contributed by atoms with Gasteiger partial charge >= 0.3 is 0 Å². The highest BCUT2D eigenvalue weighted by Crippen LogP contribution is 2.34. The smallest absolute Gasteiger partial charge is 0.0256 e. The summed E-state index contributed by atoms with van der Waals surface area (Å²) in [6.45, 7) is 14.3. The molecule has 0 aromatic rings. The lowest BCUT2D eigenvalue weighted by atomic mass is 9.79. The molecular weight excluding hydrogens is 194 g/mol. The van der Waals surface area contributed by atoms with Crippen LogP contribution in [0, 0.1) is 10.8 Å². The predicted molar refractivity (Wildman–Crippen MR) is 74.0 cm³/mol. The van der Waals surface area contributed by atoms with E-state index in [9.17, 15) is 0 Å². The topological polar surface area (TPSA) is 23.9 Å². The molecule has 16 heavy (non-hydrogen) atoms. The summed E-state index contributed by atoms with van der Waals surface area (Å²) in [6.07, 6.45) is 9.15. The van der Waals surface area contributed by atoms with Crippen molar-refractivity contribution in [2.45, 2.75) is 34.6 Å². The molecule has 0 saturated heterocycles. The van der Waals surface area contributed by atoms with Gasteiger partial charge in [-0.05, 0) is 36.0 Å². The zero-order valence-electron chi connectivity index (χ0n) is 11.1.